The molecule has 0 radical (unpaired) electrons. The van der Waals surface area contributed by atoms with Crippen molar-refractivity contribution in [3.8, 4) is 5.75 Å². The SMILES string of the molecule is COc1ccc(CN2CCCCC2CCl)cc1. The molecular formula is C14H20ClNO. The van der Waals surface area contributed by atoms with Crippen LogP contribution < -0.4 is 4.74 Å². The molecule has 1 fully saturated rings. The topological polar surface area (TPSA) is 12.5 Å². The van der Waals surface area contributed by atoms with Gasteiger partial charge in [0, 0.05) is 18.5 Å². The molecule has 1 saturated heterocycles. The van der Waals surface area contributed by atoms with Crippen molar-refractivity contribution in [1.82, 2.24) is 4.90 Å². The minimum atomic E-state index is 0.549. The molecule has 2 rings (SSSR count). The Labute approximate surface area is 109 Å². The van der Waals surface area contributed by atoms with E-state index in [9.17, 15) is 0 Å². The molecule has 1 heterocycles. The number of benzene rings is 1. The van der Waals surface area contributed by atoms with Crippen molar-refractivity contribution < 1.29 is 4.74 Å². The fourth-order valence-electron chi connectivity index (χ4n) is 2.41. The Bertz CT molecular complexity index is 339. The summed E-state index contributed by atoms with van der Waals surface area (Å²) in [6.07, 6.45) is 3.85. The summed E-state index contributed by atoms with van der Waals surface area (Å²) in [4.78, 5) is 2.50. The van der Waals surface area contributed by atoms with Gasteiger partial charge < -0.3 is 4.74 Å². The lowest BCUT2D eigenvalue weighted by Crippen LogP contribution is -2.40. The molecule has 1 atom stereocenters. The minimum absolute atomic E-state index is 0.549. The number of hydrogen-bond acceptors (Lipinski definition) is 2. The van der Waals surface area contributed by atoms with Gasteiger partial charge in [0.2, 0.25) is 0 Å². The number of alkyl halides is 1. The Morgan fingerprint density at radius 1 is 1.29 bits per heavy atom. The summed E-state index contributed by atoms with van der Waals surface area (Å²) in [5.74, 6) is 1.66. The summed E-state index contributed by atoms with van der Waals surface area (Å²) in [6, 6.07) is 8.87. The predicted molar refractivity (Wildman–Crippen MR) is 71.8 cm³/mol. The summed E-state index contributed by atoms with van der Waals surface area (Å²) >= 11 is 6.03. The number of piperidine rings is 1. The van der Waals surface area contributed by atoms with E-state index in [1.54, 1.807) is 7.11 Å². The van der Waals surface area contributed by atoms with Crippen molar-refractivity contribution in [2.24, 2.45) is 0 Å². The van der Waals surface area contributed by atoms with Gasteiger partial charge in [-0.3, -0.25) is 4.90 Å². The van der Waals surface area contributed by atoms with Crippen LogP contribution in [0.15, 0.2) is 24.3 Å². The van der Waals surface area contributed by atoms with Crippen LogP contribution in [0.2, 0.25) is 0 Å². The second-order valence-corrected chi connectivity index (χ2v) is 4.93. The Morgan fingerprint density at radius 3 is 2.71 bits per heavy atom. The standard InChI is InChI=1S/C14H20ClNO/c1-17-14-7-5-12(6-8-14)11-16-9-3-2-4-13(16)10-15/h5-8,13H,2-4,9-11H2,1H3. The van der Waals surface area contributed by atoms with Crippen molar-refractivity contribution in [2.45, 2.75) is 31.8 Å². The molecule has 0 N–H and O–H groups in total. The van der Waals surface area contributed by atoms with Crippen LogP contribution in [0.4, 0.5) is 0 Å². The van der Waals surface area contributed by atoms with E-state index >= 15 is 0 Å². The molecule has 0 aliphatic carbocycles. The van der Waals surface area contributed by atoms with Gasteiger partial charge in [-0.05, 0) is 37.1 Å². The zero-order valence-electron chi connectivity index (χ0n) is 10.4. The number of methoxy groups -OCH3 is 1. The van der Waals surface area contributed by atoms with Crippen molar-refractivity contribution in [3.05, 3.63) is 29.8 Å². The second kappa shape index (κ2) is 6.27. The highest BCUT2D eigenvalue weighted by molar-refractivity contribution is 6.18. The molecule has 1 unspecified atom stereocenters. The van der Waals surface area contributed by atoms with E-state index < -0.39 is 0 Å². The van der Waals surface area contributed by atoms with Gasteiger partial charge in [0.05, 0.1) is 7.11 Å². The number of nitrogens with zero attached hydrogens (tertiary/aromatic N) is 1. The normalized spacial score (nSPS) is 21.4. The Kier molecular flexibility index (Phi) is 4.69. The summed E-state index contributed by atoms with van der Waals surface area (Å²) in [7, 11) is 1.70. The lowest BCUT2D eigenvalue weighted by atomic mass is 10.0. The first-order valence-electron chi connectivity index (χ1n) is 6.26. The molecule has 3 heteroatoms. The molecular weight excluding hydrogens is 234 g/mol. The van der Waals surface area contributed by atoms with Gasteiger partial charge in [0.25, 0.3) is 0 Å². The van der Waals surface area contributed by atoms with Gasteiger partial charge in [-0.2, -0.15) is 0 Å². The molecule has 17 heavy (non-hydrogen) atoms. The zero-order valence-corrected chi connectivity index (χ0v) is 11.1. The summed E-state index contributed by atoms with van der Waals surface area (Å²) in [6.45, 7) is 2.17. The first kappa shape index (κ1) is 12.7. The monoisotopic (exact) mass is 253 g/mol. The van der Waals surface area contributed by atoms with E-state index in [0.29, 0.717) is 6.04 Å². The molecule has 0 saturated carbocycles. The molecule has 0 aromatic heterocycles. The lowest BCUT2D eigenvalue weighted by Gasteiger charge is -2.34. The molecule has 94 valence electrons. The van der Waals surface area contributed by atoms with E-state index in [1.165, 1.54) is 31.4 Å². The van der Waals surface area contributed by atoms with Crippen LogP contribution in [0, 0.1) is 0 Å². The molecule has 0 spiro atoms. The van der Waals surface area contributed by atoms with Crippen LogP contribution in [0.25, 0.3) is 0 Å². The molecule has 1 aliphatic heterocycles. The van der Waals surface area contributed by atoms with Crippen LogP contribution in [-0.2, 0) is 6.54 Å². The number of rotatable bonds is 4. The maximum atomic E-state index is 6.03. The maximum absolute atomic E-state index is 6.03. The van der Waals surface area contributed by atoms with Gasteiger partial charge in [-0.15, -0.1) is 11.6 Å². The zero-order chi connectivity index (χ0) is 12.1. The molecule has 1 aromatic carbocycles. The van der Waals surface area contributed by atoms with Gasteiger partial charge in [-0.25, -0.2) is 0 Å². The molecule has 0 amide bonds. The fraction of sp³-hybridized carbons (Fsp3) is 0.571. The van der Waals surface area contributed by atoms with E-state index in [2.05, 4.69) is 17.0 Å². The third-order valence-electron chi connectivity index (χ3n) is 3.47. The third kappa shape index (κ3) is 3.36. The van der Waals surface area contributed by atoms with E-state index in [-0.39, 0.29) is 0 Å². The van der Waals surface area contributed by atoms with Crippen LogP contribution in [0.5, 0.6) is 5.75 Å². The van der Waals surface area contributed by atoms with Crippen LogP contribution in [0.3, 0.4) is 0 Å². The highest BCUT2D eigenvalue weighted by atomic mass is 35.5. The molecule has 0 bridgehead atoms. The number of likely N-dealkylation sites (tertiary alicyclic amines) is 1. The second-order valence-electron chi connectivity index (χ2n) is 4.62. The minimum Gasteiger partial charge on any atom is -0.497 e. The van der Waals surface area contributed by atoms with Gasteiger partial charge in [0.15, 0.2) is 0 Å². The first-order valence-corrected chi connectivity index (χ1v) is 6.80. The molecule has 1 aliphatic rings. The van der Waals surface area contributed by atoms with E-state index in [1.807, 2.05) is 12.1 Å². The Balaban J connectivity index is 1.98. The lowest BCUT2D eigenvalue weighted by molar-refractivity contribution is 0.155. The third-order valence-corrected chi connectivity index (χ3v) is 3.83. The fourth-order valence-corrected chi connectivity index (χ4v) is 2.76. The Morgan fingerprint density at radius 2 is 2.06 bits per heavy atom. The first-order chi connectivity index (χ1) is 8.33. The van der Waals surface area contributed by atoms with Crippen LogP contribution >= 0.6 is 11.6 Å². The van der Waals surface area contributed by atoms with E-state index in [0.717, 1.165) is 18.2 Å². The highest BCUT2D eigenvalue weighted by Gasteiger charge is 2.21. The number of ether oxygens (including phenoxy) is 1. The van der Waals surface area contributed by atoms with Crippen LogP contribution in [0.1, 0.15) is 24.8 Å². The van der Waals surface area contributed by atoms with Crippen molar-refractivity contribution in [3.63, 3.8) is 0 Å². The van der Waals surface area contributed by atoms with Gasteiger partial charge in [0.1, 0.15) is 5.75 Å². The van der Waals surface area contributed by atoms with E-state index in [4.69, 9.17) is 16.3 Å². The van der Waals surface area contributed by atoms with Crippen molar-refractivity contribution >= 4 is 11.6 Å². The summed E-state index contributed by atoms with van der Waals surface area (Å²) in [5, 5.41) is 0. The van der Waals surface area contributed by atoms with Gasteiger partial charge in [-0.1, -0.05) is 18.6 Å². The molecule has 1 aromatic rings. The predicted octanol–water partition coefficient (Wildman–Crippen LogP) is 3.29. The molecule has 2 nitrogen and oxygen atoms in total. The largest absolute Gasteiger partial charge is 0.497 e. The average Bonchev–Trinajstić information content (AvgIpc) is 2.40. The van der Waals surface area contributed by atoms with Crippen LogP contribution in [-0.4, -0.2) is 30.5 Å². The number of halogens is 1. The number of hydrogen-bond donors (Lipinski definition) is 0. The summed E-state index contributed by atoms with van der Waals surface area (Å²) < 4.78 is 5.17. The maximum Gasteiger partial charge on any atom is 0.118 e. The quantitative estimate of drug-likeness (QED) is 0.764. The average molecular weight is 254 g/mol. The highest BCUT2D eigenvalue weighted by Crippen LogP contribution is 2.21. The van der Waals surface area contributed by atoms with Crippen molar-refractivity contribution in [2.75, 3.05) is 19.5 Å². The van der Waals surface area contributed by atoms with Crippen molar-refractivity contribution in [1.29, 1.82) is 0 Å². The van der Waals surface area contributed by atoms with Gasteiger partial charge >= 0.3 is 0 Å². The Hall–Kier alpha value is -0.730. The summed E-state index contributed by atoms with van der Waals surface area (Å²) in [5.41, 5.74) is 1.34. The smallest absolute Gasteiger partial charge is 0.118 e.